The van der Waals surface area contributed by atoms with Crippen LogP contribution in [0.5, 0.6) is 0 Å². The van der Waals surface area contributed by atoms with Crippen LogP contribution in [-0.4, -0.2) is 22.2 Å². The molecule has 3 rings (SSSR count). The first kappa shape index (κ1) is 14.9. The van der Waals surface area contributed by atoms with Gasteiger partial charge in [0.15, 0.2) is 6.10 Å². The largest absolute Gasteiger partial charge is 0.378 e. The van der Waals surface area contributed by atoms with Crippen molar-refractivity contribution in [3.63, 3.8) is 0 Å². The van der Waals surface area contributed by atoms with Gasteiger partial charge in [0.05, 0.1) is 11.7 Å². The summed E-state index contributed by atoms with van der Waals surface area (Å²) in [7, 11) is 0. The van der Waals surface area contributed by atoms with Crippen molar-refractivity contribution in [1.29, 1.82) is 0 Å². The summed E-state index contributed by atoms with van der Waals surface area (Å²) in [5.41, 5.74) is 4.46. The molecule has 2 aromatic carbocycles. The predicted molar refractivity (Wildman–Crippen MR) is 88.9 cm³/mol. The van der Waals surface area contributed by atoms with Crippen LogP contribution in [0.2, 0.25) is 0 Å². The first-order valence-corrected chi connectivity index (χ1v) is 7.15. The number of rotatable bonds is 4. The molecule has 0 saturated carbocycles. The Bertz CT molecular complexity index is 842. The summed E-state index contributed by atoms with van der Waals surface area (Å²) in [6.07, 6.45) is 1.97. The molecule has 0 aliphatic rings. The van der Waals surface area contributed by atoms with Crippen LogP contribution in [0.25, 0.3) is 10.9 Å². The van der Waals surface area contributed by atoms with Crippen LogP contribution < -0.4 is 5.43 Å². The minimum atomic E-state index is -1.25. The maximum Gasteiger partial charge on any atom is 0.273 e. The fourth-order valence-electron chi connectivity index (χ4n) is 2.25. The van der Waals surface area contributed by atoms with E-state index in [0.717, 1.165) is 16.5 Å². The van der Waals surface area contributed by atoms with Crippen LogP contribution in [0, 0.1) is 0 Å². The lowest BCUT2D eigenvalue weighted by Gasteiger charge is -2.08. The highest BCUT2D eigenvalue weighted by molar-refractivity contribution is 5.97. The summed E-state index contributed by atoms with van der Waals surface area (Å²) >= 11 is 0. The third-order valence-electron chi connectivity index (χ3n) is 3.41. The van der Waals surface area contributed by atoms with Crippen molar-refractivity contribution in [2.45, 2.75) is 6.10 Å². The summed E-state index contributed by atoms with van der Waals surface area (Å²) in [6, 6.07) is 18.2. The topological polar surface area (TPSA) is 74.6 Å². The number of carbonyl (C=O) groups excluding carboxylic acids is 1. The van der Waals surface area contributed by atoms with Crippen LogP contribution in [0.3, 0.4) is 0 Å². The number of nitrogens with one attached hydrogen (secondary N) is 1. The highest BCUT2D eigenvalue weighted by Gasteiger charge is 2.15. The van der Waals surface area contributed by atoms with Crippen LogP contribution in [0.15, 0.2) is 72.0 Å². The van der Waals surface area contributed by atoms with Crippen molar-refractivity contribution < 1.29 is 9.90 Å². The molecule has 1 unspecified atom stereocenters. The van der Waals surface area contributed by atoms with Crippen LogP contribution in [-0.2, 0) is 4.79 Å². The molecule has 2 N–H and O–H groups in total. The van der Waals surface area contributed by atoms with Crippen molar-refractivity contribution in [3.8, 4) is 0 Å². The van der Waals surface area contributed by atoms with E-state index in [-0.39, 0.29) is 0 Å². The number of carbonyl (C=O) groups is 1. The molecule has 1 aromatic heterocycles. The lowest BCUT2D eigenvalue weighted by molar-refractivity contribution is -0.129. The standard InChI is InChI=1S/C18H15N3O2/c22-17(14-6-2-1-3-7-14)18(23)21-20-12-15-9-4-8-13-10-5-11-19-16(13)15/h1-12,17,22H,(H,21,23). The lowest BCUT2D eigenvalue weighted by atomic mass is 10.1. The number of aliphatic hydroxyl groups is 1. The monoisotopic (exact) mass is 305 g/mol. The number of aliphatic hydroxyl groups excluding tert-OH is 1. The van der Waals surface area contributed by atoms with Crippen molar-refractivity contribution in [1.82, 2.24) is 10.4 Å². The van der Waals surface area contributed by atoms with E-state index in [9.17, 15) is 9.90 Å². The van der Waals surface area contributed by atoms with Crippen LogP contribution in [0.4, 0.5) is 0 Å². The Hall–Kier alpha value is -3.05. The van der Waals surface area contributed by atoms with Crippen molar-refractivity contribution >= 4 is 23.0 Å². The van der Waals surface area contributed by atoms with Gasteiger partial charge >= 0.3 is 0 Å². The van der Waals surface area contributed by atoms with Gasteiger partial charge in [0, 0.05) is 17.1 Å². The summed E-state index contributed by atoms with van der Waals surface area (Å²) in [5.74, 6) is -0.583. The minimum Gasteiger partial charge on any atom is -0.378 e. The number of hydrogen-bond acceptors (Lipinski definition) is 4. The Morgan fingerprint density at radius 3 is 2.70 bits per heavy atom. The van der Waals surface area contributed by atoms with E-state index in [2.05, 4.69) is 15.5 Å². The van der Waals surface area contributed by atoms with E-state index in [1.165, 1.54) is 6.21 Å². The normalized spacial score (nSPS) is 12.4. The predicted octanol–water partition coefficient (Wildman–Crippen LogP) is 2.42. The molecule has 0 saturated heterocycles. The van der Waals surface area contributed by atoms with E-state index in [4.69, 9.17) is 0 Å². The van der Waals surface area contributed by atoms with Gasteiger partial charge in [-0.05, 0) is 11.6 Å². The fourth-order valence-corrected chi connectivity index (χ4v) is 2.25. The molecular formula is C18H15N3O2. The molecule has 3 aromatic rings. The van der Waals surface area contributed by atoms with Gasteiger partial charge in [-0.25, -0.2) is 5.43 Å². The average Bonchev–Trinajstić information content (AvgIpc) is 2.62. The number of fused-ring (bicyclic) bond motifs is 1. The highest BCUT2D eigenvalue weighted by Crippen LogP contribution is 2.14. The molecular weight excluding hydrogens is 290 g/mol. The fraction of sp³-hybridized carbons (Fsp3) is 0.0556. The molecule has 114 valence electrons. The molecule has 5 nitrogen and oxygen atoms in total. The second-order valence-electron chi connectivity index (χ2n) is 4.97. The molecule has 0 aliphatic carbocycles. The Morgan fingerprint density at radius 1 is 1.09 bits per heavy atom. The molecule has 0 spiro atoms. The van der Waals surface area contributed by atoms with Gasteiger partial charge in [0.1, 0.15) is 0 Å². The number of nitrogens with zero attached hydrogens (tertiary/aromatic N) is 2. The Kier molecular flexibility index (Phi) is 4.40. The summed E-state index contributed by atoms with van der Waals surface area (Å²) < 4.78 is 0. The highest BCUT2D eigenvalue weighted by atomic mass is 16.3. The summed E-state index contributed by atoms with van der Waals surface area (Å²) in [4.78, 5) is 16.2. The Morgan fingerprint density at radius 2 is 1.87 bits per heavy atom. The molecule has 23 heavy (non-hydrogen) atoms. The number of benzene rings is 2. The smallest absolute Gasteiger partial charge is 0.273 e. The second-order valence-corrected chi connectivity index (χ2v) is 4.97. The average molecular weight is 305 g/mol. The molecule has 0 fully saturated rings. The number of pyridine rings is 1. The second kappa shape index (κ2) is 6.81. The molecule has 1 atom stereocenters. The number of para-hydroxylation sites is 1. The third kappa shape index (κ3) is 3.41. The Labute approximate surface area is 133 Å². The summed E-state index contributed by atoms with van der Waals surface area (Å²) in [6.45, 7) is 0. The van der Waals surface area contributed by atoms with Gasteiger partial charge in [-0.3, -0.25) is 9.78 Å². The number of hydrogen-bond donors (Lipinski definition) is 2. The number of aromatic nitrogens is 1. The number of amides is 1. The SMILES string of the molecule is O=C(NN=Cc1cccc2cccnc12)C(O)c1ccccc1. The van der Waals surface area contributed by atoms with Gasteiger partial charge < -0.3 is 5.11 Å². The van der Waals surface area contributed by atoms with Gasteiger partial charge in [0.2, 0.25) is 0 Å². The maximum atomic E-state index is 11.9. The van der Waals surface area contributed by atoms with Crippen molar-refractivity contribution in [2.24, 2.45) is 5.10 Å². The van der Waals surface area contributed by atoms with E-state index in [1.807, 2.05) is 36.4 Å². The van der Waals surface area contributed by atoms with E-state index < -0.39 is 12.0 Å². The van der Waals surface area contributed by atoms with Gasteiger partial charge in [0.25, 0.3) is 5.91 Å². The molecule has 1 heterocycles. The van der Waals surface area contributed by atoms with Gasteiger partial charge in [-0.2, -0.15) is 5.10 Å². The molecule has 5 heteroatoms. The quantitative estimate of drug-likeness (QED) is 0.574. The third-order valence-corrected chi connectivity index (χ3v) is 3.41. The zero-order valence-electron chi connectivity index (χ0n) is 12.3. The van der Waals surface area contributed by atoms with E-state index >= 15 is 0 Å². The molecule has 0 bridgehead atoms. The first-order valence-electron chi connectivity index (χ1n) is 7.15. The number of hydrazone groups is 1. The molecule has 1 amide bonds. The zero-order valence-corrected chi connectivity index (χ0v) is 12.3. The maximum absolute atomic E-state index is 11.9. The van der Waals surface area contributed by atoms with Gasteiger partial charge in [-0.15, -0.1) is 0 Å². The van der Waals surface area contributed by atoms with Crippen LogP contribution >= 0.6 is 0 Å². The van der Waals surface area contributed by atoms with E-state index in [0.29, 0.717) is 5.56 Å². The van der Waals surface area contributed by atoms with Gasteiger partial charge in [-0.1, -0.05) is 54.6 Å². The minimum absolute atomic E-state index is 0.520. The zero-order chi connectivity index (χ0) is 16.1. The summed E-state index contributed by atoms with van der Waals surface area (Å²) in [5, 5.41) is 14.9. The van der Waals surface area contributed by atoms with Crippen LogP contribution in [0.1, 0.15) is 17.2 Å². The Balaban J connectivity index is 1.72. The van der Waals surface area contributed by atoms with Crippen molar-refractivity contribution in [2.75, 3.05) is 0 Å². The molecule has 0 radical (unpaired) electrons. The van der Waals surface area contributed by atoms with Crippen molar-refractivity contribution in [3.05, 3.63) is 78.0 Å². The molecule has 0 aliphatic heterocycles. The lowest BCUT2D eigenvalue weighted by Crippen LogP contribution is -2.25. The first-order chi connectivity index (χ1) is 11.3. The van der Waals surface area contributed by atoms with E-state index in [1.54, 1.807) is 30.5 Å².